The number of nitrogens with zero attached hydrogens (tertiary/aromatic N) is 1. The van der Waals surface area contributed by atoms with Crippen LogP contribution in [0, 0.1) is 5.92 Å². The zero-order chi connectivity index (χ0) is 14.7. The second-order valence-electron chi connectivity index (χ2n) is 5.96. The number of likely N-dealkylation sites (tertiary alicyclic amines) is 1. The summed E-state index contributed by atoms with van der Waals surface area (Å²) in [5.74, 6) is 0.0326. The van der Waals surface area contributed by atoms with E-state index in [2.05, 4.69) is 18.7 Å². The zero-order valence-corrected chi connectivity index (χ0v) is 12.8. The Morgan fingerprint density at radius 1 is 1.35 bits per heavy atom. The summed E-state index contributed by atoms with van der Waals surface area (Å²) in [5, 5.41) is 0. The molecule has 1 fully saturated rings. The van der Waals surface area contributed by atoms with Gasteiger partial charge in [0.25, 0.3) is 0 Å². The van der Waals surface area contributed by atoms with Crippen LogP contribution in [0.25, 0.3) is 0 Å². The third-order valence-corrected chi connectivity index (χ3v) is 4.62. The minimum atomic E-state index is -0.228. The molecule has 1 aliphatic heterocycles. The molecule has 1 heterocycles. The Balaban J connectivity index is 2.12. The van der Waals surface area contributed by atoms with E-state index in [4.69, 9.17) is 5.73 Å². The van der Waals surface area contributed by atoms with Crippen LogP contribution in [-0.4, -0.2) is 22.9 Å². The van der Waals surface area contributed by atoms with Crippen molar-refractivity contribution in [2.24, 2.45) is 11.7 Å². The fourth-order valence-corrected chi connectivity index (χ4v) is 3.22. The van der Waals surface area contributed by atoms with Crippen molar-refractivity contribution in [1.29, 1.82) is 0 Å². The van der Waals surface area contributed by atoms with Crippen LogP contribution in [0.3, 0.4) is 0 Å². The molecular formula is C17H26N2O. The fourth-order valence-electron chi connectivity index (χ4n) is 3.22. The minimum Gasteiger partial charge on any atom is -0.337 e. The molecule has 1 aliphatic rings. The fraction of sp³-hybridized carbons (Fsp3) is 0.588. The summed E-state index contributed by atoms with van der Waals surface area (Å²) in [6.45, 7) is 6.26. The highest BCUT2D eigenvalue weighted by atomic mass is 16.2. The van der Waals surface area contributed by atoms with Gasteiger partial charge in [-0.2, -0.15) is 0 Å². The predicted molar refractivity (Wildman–Crippen MR) is 82.2 cm³/mol. The predicted octanol–water partition coefficient (Wildman–Crippen LogP) is 3.11. The van der Waals surface area contributed by atoms with Crippen LogP contribution in [0.2, 0.25) is 0 Å². The number of rotatable bonds is 4. The van der Waals surface area contributed by atoms with Gasteiger partial charge in [-0.1, -0.05) is 44.2 Å². The first-order valence-corrected chi connectivity index (χ1v) is 7.69. The van der Waals surface area contributed by atoms with Crippen molar-refractivity contribution in [1.82, 2.24) is 4.90 Å². The third kappa shape index (κ3) is 2.88. The van der Waals surface area contributed by atoms with Crippen molar-refractivity contribution in [3.8, 4) is 0 Å². The molecule has 4 atom stereocenters. The highest BCUT2D eigenvalue weighted by Crippen LogP contribution is 2.30. The number of carbonyl (C=O) groups is 1. The maximum absolute atomic E-state index is 12.8. The van der Waals surface area contributed by atoms with Crippen LogP contribution in [0.1, 0.15) is 51.6 Å². The Bertz CT molecular complexity index is 446. The lowest BCUT2D eigenvalue weighted by Crippen LogP contribution is -2.45. The molecule has 1 aromatic rings. The Hall–Kier alpha value is -1.35. The highest BCUT2D eigenvalue weighted by molar-refractivity contribution is 5.80. The second kappa shape index (κ2) is 6.40. The number of amides is 1. The Morgan fingerprint density at radius 2 is 2.00 bits per heavy atom. The summed E-state index contributed by atoms with van der Waals surface area (Å²) in [7, 11) is 0. The first-order valence-electron chi connectivity index (χ1n) is 7.69. The lowest BCUT2D eigenvalue weighted by molar-refractivity contribution is -0.138. The zero-order valence-electron chi connectivity index (χ0n) is 12.8. The van der Waals surface area contributed by atoms with Crippen molar-refractivity contribution in [2.45, 2.75) is 58.2 Å². The molecule has 0 spiro atoms. The van der Waals surface area contributed by atoms with Crippen molar-refractivity contribution < 1.29 is 4.79 Å². The summed E-state index contributed by atoms with van der Waals surface area (Å²) in [6, 6.07) is 10.4. The minimum absolute atomic E-state index is 0.174. The number of hydrogen-bond acceptors (Lipinski definition) is 2. The summed E-state index contributed by atoms with van der Waals surface area (Å²) in [4.78, 5) is 14.9. The lowest BCUT2D eigenvalue weighted by atomic mass is 9.93. The molecule has 20 heavy (non-hydrogen) atoms. The van der Waals surface area contributed by atoms with Gasteiger partial charge in [0.1, 0.15) is 0 Å². The van der Waals surface area contributed by atoms with Crippen molar-refractivity contribution in [2.75, 3.05) is 0 Å². The summed E-state index contributed by atoms with van der Waals surface area (Å²) in [6.07, 6.45) is 3.26. The monoisotopic (exact) mass is 274 g/mol. The van der Waals surface area contributed by atoms with Gasteiger partial charge in [-0.15, -0.1) is 0 Å². The van der Waals surface area contributed by atoms with Gasteiger partial charge in [0.05, 0.1) is 5.92 Å². The van der Waals surface area contributed by atoms with Gasteiger partial charge < -0.3 is 10.6 Å². The van der Waals surface area contributed by atoms with E-state index in [0.29, 0.717) is 12.1 Å². The SMILES string of the molecule is CCC1CCC(C)N1C(=O)C(C)C(N)c1ccccc1. The van der Waals surface area contributed by atoms with Gasteiger partial charge in [0, 0.05) is 18.1 Å². The quantitative estimate of drug-likeness (QED) is 0.917. The van der Waals surface area contributed by atoms with Crippen LogP contribution in [0.4, 0.5) is 0 Å². The molecule has 1 saturated heterocycles. The van der Waals surface area contributed by atoms with Crippen LogP contribution >= 0.6 is 0 Å². The maximum Gasteiger partial charge on any atom is 0.227 e. The summed E-state index contributed by atoms with van der Waals surface area (Å²) >= 11 is 0. The topological polar surface area (TPSA) is 46.3 Å². The molecule has 110 valence electrons. The molecule has 0 bridgehead atoms. The van der Waals surface area contributed by atoms with Crippen molar-refractivity contribution in [3.63, 3.8) is 0 Å². The first kappa shape index (κ1) is 15.0. The van der Waals surface area contributed by atoms with E-state index >= 15 is 0 Å². The van der Waals surface area contributed by atoms with Gasteiger partial charge in [0.2, 0.25) is 5.91 Å². The van der Waals surface area contributed by atoms with E-state index in [9.17, 15) is 4.79 Å². The number of carbonyl (C=O) groups excluding carboxylic acids is 1. The Kier molecular flexibility index (Phi) is 4.81. The smallest absolute Gasteiger partial charge is 0.227 e. The van der Waals surface area contributed by atoms with Gasteiger partial charge in [-0.05, 0) is 31.7 Å². The van der Waals surface area contributed by atoms with E-state index < -0.39 is 0 Å². The van der Waals surface area contributed by atoms with E-state index in [1.807, 2.05) is 37.3 Å². The molecule has 2 rings (SSSR count). The lowest BCUT2D eigenvalue weighted by Gasteiger charge is -2.32. The molecule has 1 aromatic carbocycles. The Labute approximate surface area is 122 Å². The molecule has 0 radical (unpaired) electrons. The molecule has 3 heteroatoms. The van der Waals surface area contributed by atoms with Crippen molar-refractivity contribution >= 4 is 5.91 Å². The molecule has 0 saturated carbocycles. The van der Waals surface area contributed by atoms with Crippen LogP contribution in [0.15, 0.2) is 30.3 Å². The van der Waals surface area contributed by atoms with Crippen LogP contribution in [-0.2, 0) is 4.79 Å². The van der Waals surface area contributed by atoms with E-state index in [0.717, 1.165) is 24.8 Å². The molecule has 4 unspecified atom stereocenters. The third-order valence-electron chi connectivity index (χ3n) is 4.62. The molecule has 2 N–H and O–H groups in total. The maximum atomic E-state index is 12.8. The molecule has 0 aliphatic carbocycles. The normalized spacial score (nSPS) is 25.5. The number of hydrogen-bond donors (Lipinski definition) is 1. The molecule has 1 amide bonds. The van der Waals surface area contributed by atoms with E-state index in [-0.39, 0.29) is 17.9 Å². The molecule has 0 aromatic heterocycles. The molecule has 3 nitrogen and oxygen atoms in total. The van der Waals surface area contributed by atoms with Gasteiger partial charge in [-0.25, -0.2) is 0 Å². The average Bonchev–Trinajstić information content (AvgIpc) is 2.86. The Morgan fingerprint density at radius 3 is 2.60 bits per heavy atom. The standard InChI is InChI=1S/C17H26N2O/c1-4-15-11-10-12(2)19(15)17(20)13(3)16(18)14-8-6-5-7-9-14/h5-9,12-13,15-16H,4,10-11,18H2,1-3H3. The average molecular weight is 274 g/mol. The second-order valence-corrected chi connectivity index (χ2v) is 5.96. The van der Waals surface area contributed by atoms with Gasteiger partial charge in [0.15, 0.2) is 0 Å². The summed E-state index contributed by atoms with van der Waals surface area (Å²) < 4.78 is 0. The van der Waals surface area contributed by atoms with Crippen molar-refractivity contribution in [3.05, 3.63) is 35.9 Å². The summed E-state index contributed by atoms with van der Waals surface area (Å²) in [5.41, 5.74) is 7.33. The number of nitrogens with two attached hydrogens (primary N) is 1. The van der Waals surface area contributed by atoms with Gasteiger partial charge in [-0.3, -0.25) is 4.79 Å². The largest absolute Gasteiger partial charge is 0.337 e. The van der Waals surface area contributed by atoms with Crippen LogP contribution in [0.5, 0.6) is 0 Å². The van der Waals surface area contributed by atoms with Crippen LogP contribution < -0.4 is 5.73 Å². The van der Waals surface area contributed by atoms with E-state index in [1.165, 1.54) is 0 Å². The number of benzene rings is 1. The molecular weight excluding hydrogens is 248 g/mol. The highest BCUT2D eigenvalue weighted by Gasteiger charge is 2.36. The first-order chi connectivity index (χ1) is 9.56. The van der Waals surface area contributed by atoms with Gasteiger partial charge >= 0.3 is 0 Å². The van der Waals surface area contributed by atoms with E-state index in [1.54, 1.807) is 0 Å².